The third kappa shape index (κ3) is 5.75. The Morgan fingerprint density at radius 2 is 1.71 bits per heavy atom. The van der Waals surface area contributed by atoms with Crippen molar-refractivity contribution in [3.63, 3.8) is 0 Å². The van der Waals surface area contributed by atoms with E-state index in [1.807, 2.05) is 26.0 Å². The lowest BCUT2D eigenvalue weighted by Crippen LogP contribution is -2.98. The lowest BCUT2D eigenvalue weighted by atomic mass is 9.83. The first-order valence-electron chi connectivity index (χ1n) is 11.8. The summed E-state index contributed by atoms with van der Waals surface area (Å²) in [6, 6.07) is 13.2. The number of piperidine rings is 1. The molecule has 3 N–H and O–H groups in total. The number of hydrogen-bond acceptors (Lipinski definition) is 6. The molecule has 0 spiro atoms. The first-order valence-corrected chi connectivity index (χ1v) is 11.8. The molecular formula is C26H30N4O5. The summed E-state index contributed by atoms with van der Waals surface area (Å²) in [6.45, 7) is 4.97. The lowest BCUT2D eigenvalue weighted by Gasteiger charge is -2.34. The van der Waals surface area contributed by atoms with Crippen LogP contribution in [0.25, 0.3) is 0 Å². The van der Waals surface area contributed by atoms with Gasteiger partial charge in [0.25, 0.3) is 0 Å². The van der Waals surface area contributed by atoms with Crippen molar-refractivity contribution in [2.45, 2.75) is 39.5 Å². The van der Waals surface area contributed by atoms with Crippen LogP contribution in [0.1, 0.15) is 60.2 Å². The average Bonchev–Trinajstić information content (AvgIpc) is 2.83. The van der Waals surface area contributed by atoms with E-state index in [-0.39, 0.29) is 28.3 Å². The zero-order valence-corrected chi connectivity index (χ0v) is 19.9. The predicted molar refractivity (Wildman–Crippen MR) is 132 cm³/mol. The summed E-state index contributed by atoms with van der Waals surface area (Å²) < 4.78 is 0. The summed E-state index contributed by atoms with van der Waals surface area (Å²) in [6.07, 6.45) is 1.91. The molecule has 9 heteroatoms. The minimum absolute atomic E-state index is 0.0132. The highest BCUT2D eigenvalue weighted by Crippen LogP contribution is 2.30. The number of para-hydroxylation sites is 1. The molecule has 1 unspecified atom stereocenters. The minimum atomic E-state index is -1.03. The van der Waals surface area contributed by atoms with Crippen LogP contribution >= 0.6 is 0 Å². The number of nitrogens with zero attached hydrogens (tertiary/aromatic N) is 2. The van der Waals surface area contributed by atoms with Gasteiger partial charge in [0.15, 0.2) is 17.3 Å². The molecule has 1 amide bonds. The van der Waals surface area contributed by atoms with E-state index < -0.39 is 11.4 Å². The number of carboxylic acid groups (broad SMARTS) is 1. The molecule has 4 rings (SSSR count). The molecule has 1 atom stereocenters. The van der Waals surface area contributed by atoms with Crippen molar-refractivity contribution < 1.29 is 24.7 Å². The standard InChI is InChI=1S/C26H30N4O5/c1-26(2,15-22-27-20-5-3-4-6-21(20)30(35)28-22)16-23(31)29-13-11-18(12-14-29)24(32)17-7-9-19(10-8-17)25(33)34/h3-10,18,30H,11-16H2,1-2H3,(H,27,28)(H,33,34). The molecule has 184 valence electrons. The summed E-state index contributed by atoms with van der Waals surface area (Å²) in [4.78, 5) is 38.7. The SMILES string of the molecule is CC(C)(CC(=O)N1CCC(C(=O)c2ccc(C(=O)O)cc2)CC1)CC1=N[NH+]([O-])c2ccccc2N1. The minimum Gasteiger partial charge on any atom is -0.601 e. The maximum atomic E-state index is 13.0. The average molecular weight is 479 g/mol. The molecule has 2 aliphatic heterocycles. The van der Waals surface area contributed by atoms with Crippen molar-refractivity contribution in [1.82, 2.24) is 4.90 Å². The van der Waals surface area contributed by atoms with Gasteiger partial charge in [-0.1, -0.05) is 43.2 Å². The molecule has 0 bridgehead atoms. The normalized spacial score (nSPS) is 18.3. The third-order valence-electron chi connectivity index (χ3n) is 6.58. The highest BCUT2D eigenvalue weighted by Gasteiger charge is 2.32. The number of amidine groups is 1. The molecule has 2 aliphatic rings. The Morgan fingerprint density at radius 3 is 2.37 bits per heavy atom. The number of carbonyl (C=O) groups excluding carboxylic acids is 2. The summed E-state index contributed by atoms with van der Waals surface area (Å²) >= 11 is 0. The number of rotatable bonds is 7. The van der Waals surface area contributed by atoms with Gasteiger partial charge < -0.3 is 20.5 Å². The molecular weight excluding hydrogens is 448 g/mol. The van der Waals surface area contributed by atoms with Gasteiger partial charge in [-0.3, -0.25) is 9.59 Å². The van der Waals surface area contributed by atoms with Crippen LogP contribution < -0.4 is 10.5 Å². The van der Waals surface area contributed by atoms with Gasteiger partial charge in [-0.25, -0.2) is 9.97 Å². The number of Topliss-reactive ketones (excluding diaryl/α,β-unsaturated/α-hetero) is 1. The van der Waals surface area contributed by atoms with E-state index in [1.165, 1.54) is 12.1 Å². The van der Waals surface area contributed by atoms with Crippen LogP contribution in [-0.2, 0) is 4.79 Å². The van der Waals surface area contributed by atoms with Gasteiger partial charge in [-0.05, 0) is 36.5 Å². The Balaban J connectivity index is 1.30. The van der Waals surface area contributed by atoms with E-state index in [9.17, 15) is 19.6 Å². The maximum Gasteiger partial charge on any atom is 0.335 e. The first kappa shape index (κ1) is 24.6. The Morgan fingerprint density at radius 1 is 1.09 bits per heavy atom. The van der Waals surface area contributed by atoms with Crippen LogP contribution in [0.4, 0.5) is 11.4 Å². The Hall–Kier alpha value is -3.56. The van der Waals surface area contributed by atoms with Gasteiger partial charge in [0.05, 0.1) is 5.56 Å². The van der Waals surface area contributed by atoms with E-state index >= 15 is 0 Å². The topological polar surface area (TPSA) is 127 Å². The predicted octanol–water partition coefficient (Wildman–Crippen LogP) is 3.07. The zero-order chi connectivity index (χ0) is 25.2. The number of amides is 1. The number of benzene rings is 2. The molecule has 0 saturated carbocycles. The molecule has 2 heterocycles. The molecule has 1 fully saturated rings. The van der Waals surface area contributed by atoms with E-state index in [0.717, 1.165) is 5.69 Å². The number of ketones is 1. The number of likely N-dealkylation sites (tertiary alicyclic amines) is 1. The highest BCUT2D eigenvalue weighted by molar-refractivity contribution is 5.99. The van der Waals surface area contributed by atoms with Crippen molar-refractivity contribution >= 4 is 34.9 Å². The molecule has 2 aromatic carbocycles. The quantitative estimate of drug-likeness (QED) is 0.415. The van der Waals surface area contributed by atoms with Crippen LogP contribution in [0, 0.1) is 16.5 Å². The smallest absolute Gasteiger partial charge is 0.335 e. The third-order valence-corrected chi connectivity index (χ3v) is 6.58. The van der Waals surface area contributed by atoms with Crippen LogP contribution in [-0.4, -0.2) is 46.6 Å². The number of nitrogens with one attached hydrogen (secondary N) is 2. The Bertz CT molecular complexity index is 1150. The number of anilines is 1. The van der Waals surface area contributed by atoms with E-state index in [0.29, 0.717) is 55.9 Å². The van der Waals surface area contributed by atoms with Gasteiger partial charge in [0.1, 0.15) is 5.69 Å². The van der Waals surface area contributed by atoms with Crippen LogP contribution in [0.2, 0.25) is 0 Å². The first-order chi connectivity index (χ1) is 16.6. The van der Waals surface area contributed by atoms with Crippen molar-refractivity contribution in [3.05, 3.63) is 64.9 Å². The second-order valence-electron chi connectivity index (χ2n) is 9.95. The summed E-state index contributed by atoms with van der Waals surface area (Å²) in [5.41, 5.74) is 1.51. The molecule has 0 radical (unpaired) electrons. The molecule has 9 nitrogen and oxygen atoms in total. The maximum absolute atomic E-state index is 13.0. The zero-order valence-electron chi connectivity index (χ0n) is 19.9. The lowest BCUT2D eigenvalue weighted by molar-refractivity contribution is -0.783. The van der Waals surface area contributed by atoms with E-state index in [2.05, 4.69) is 10.4 Å². The molecule has 0 aliphatic carbocycles. The van der Waals surface area contributed by atoms with Gasteiger partial charge >= 0.3 is 5.97 Å². The number of aromatic carboxylic acids is 1. The monoisotopic (exact) mass is 478 g/mol. The molecule has 1 saturated heterocycles. The van der Waals surface area contributed by atoms with Crippen LogP contribution in [0.5, 0.6) is 0 Å². The molecule has 35 heavy (non-hydrogen) atoms. The van der Waals surface area contributed by atoms with E-state index in [4.69, 9.17) is 5.11 Å². The van der Waals surface area contributed by atoms with Gasteiger partial charge in [0.2, 0.25) is 5.91 Å². The second-order valence-corrected chi connectivity index (χ2v) is 9.95. The largest absolute Gasteiger partial charge is 0.601 e. The Labute approximate surface area is 204 Å². The number of quaternary nitrogens is 1. The van der Waals surface area contributed by atoms with Crippen molar-refractivity contribution in [2.75, 3.05) is 18.4 Å². The van der Waals surface area contributed by atoms with Crippen molar-refractivity contribution in [2.24, 2.45) is 16.4 Å². The van der Waals surface area contributed by atoms with Crippen LogP contribution in [0.3, 0.4) is 0 Å². The second kappa shape index (κ2) is 9.97. The number of hydrogen-bond donors (Lipinski definition) is 3. The summed E-state index contributed by atoms with van der Waals surface area (Å²) in [5.74, 6) is -0.642. The van der Waals surface area contributed by atoms with E-state index in [1.54, 1.807) is 29.2 Å². The molecule has 0 aromatic heterocycles. The fraction of sp³-hybridized carbons (Fsp3) is 0.385. The van der Waals surface area contributed by atoms with Crippen molar-refractivity contribution in [3.8, 4) is 0 Å². The summed E-state index contributed by atoms with van der Waals surface area (Å²) in [5, 5.41) is 28.5. The number of carboxylic acids is 1. The fourth-order valence-electron chi connectivity index (χ4n) is 4.67. The van der Waals surface area contributed by atoms with Gasteiger partial charge in [0, 0.05) is 43.5 Å². The highest BCUT2D eigenvalue weighted by atomic mass is 16.5. The number of fused-ring (bicyclic) bond motifs is 1. The molecule has 2 aromatic rings. The summed E-state index contributed by atoms with van der Waals surface area (Å²) in [7, 11) is 0. The van der Waals surface area contributed by atoms with Crippen molar-refractivity contribution in [1.29, 1.82) is 0 Å². The number of carbonyl (C=O) groups is 3. The Kier molecular flexibility index (Phi) is 7.00. The fourth-order valence-corrected chi connectivity index (χ4v) is 4.67. The van der Waals surface area contributed by atoms with Gasteiger partial charge in [-0.15, -0.1) is 0 Å². The van der Waals surface area contributed by atoms with Crippen LogP contribution in [0.15, 0.2) is 53.6 Å². The van der Waals surface area contributed by atoms with Gasteiger partial charge in [-0.2, -0.15) is 0 Å².